The maximum Gasteiger partial charge on any atom is 0.280 e. The van der Waals surface area contributed by atoms with Crippen LogP contribution in [0.4, 0.5) is 5.69 Å². The maximum absolute atomic E-state index is 13.6. The molecule has 1 aliphatic rings. The molecule has 4 heterocycles. The lowest BCUT2D eigenvalue weighted by molar-refractivity contribution is 0.0988. The molecule has 5 rings (SSSR count). The van der Waals surface area contributed by atoms with E-state index in [-0.39, 0.29) is 17.4 Å². The van der Waals surface area contributed by atoms with Crippen molar-refractivity contribution in [2.75, 3.05) is 12.0 Å². The first-order valence-electron chi connectivity index (χ1n) is 10.4. The van der Waals surface area contributed by atoms with Crippen LogP contribution in [-0.4, -0.2) is 28.2 Å². The number of benzene rings is 1. The van der Waals surface area contributed by atoms with Crippen LogP contribution in [-0.2, 0) is 5.41 Å². The number of fused-ring (bicyclic) bond motifs is 1. The monoisotopic (exact) mass is 444 g/mol. The van der Waals surface area contributed by atoms with Crippen molar-refractivity contribution in [3.63, 3.8) is 0 Å². The number of hydrogen-bond donors (Lipinski definition) is 1. The minimum atomic E-state index is -0.365. The molecule has 1 aromatic carbocycles. The second kappa shape index (κ2) is 7.60. The van der Waals surface area contributed by atoms with Gasteiger partial charge >= 0.3 is 0 Å². The summed E-state index contributed by atoms with van der Waals surface area (Å²) in [6, 6.07) is 13.4. The van der Waals surface area contributed by atoms with Gasteiger partial charge in [0.25, 0.3) is 5.91 Å². The molecule has 0 fully saturated rings. The Labute approximate surface area is 190 Å². The molecule has 6 nitrogen and oxygen atoms in total. The smallest absolute Gasteiger partial charge is 0.280 e. The van der Waals surface area contributed by atoms with Crippen molar-refractivity contribution in [2.45, 2.75) is 32.2 Å². The topological polar surface area (TPSA) is 71.1 Å². The minimum absolute atomic E-state index is 0.146. The summed E-state index contributed by atoms with van der Waals surface area (Å²) in [6.07, 6.45) is 1.76. The number of hydrogen-bond acceptors (Lipinski definition) is 5. The van der Waals surface area contributed by atoms with Gasteiger partial charge < -0.3 is 4.74 Å². The average Bonchev–Trinajstić information content (AvgIpc) is 3.51. The van der Waals surface area contributed by atoms with Gasteiger partial charge in [-0.1, -0.05) is 39.0 Å². The number of nitrogens with zero attached hydrogens (tertiary/aromatic N) is 3. The van der Waals surface area contributed by atoms with Gasteiger partial charge in [0.05, 0.1) is 30.7 Å². The van der Waals surface area contributed by atoms with E-state index in [2.05, 4.69) is 41.3 Å². The summed E-state index contributed by atoms with van der Waals surface area (Å²) in [5.74, 6) is 0.583. The standard InChI is InChI=1S/C25H24N4O2S/c1-25(2,3)23-20-21(27-28-23)24(30)29(22(20)17-7-5-6-8-19(17)31-4)16-9-10-18(26-13-16)15-11-12-32-14-15/h5-14,22H,1-4H3,(H,27,28). The lowest BCUT2D eigenvalue weighted by Gasteiger charge is -2.29. The summed E-state index contributed by atoms with van der Waals surface area (Å²) in [7, 11) is 1.65. The van der Waals surface area contributed by atoms with Crippen molar-refractivity contribution in [2.24, 2.45) is 0 Å². The molecule has 0 saturated carbocycles. The van der Waals surface area contributed by atoms with E-state index in [1.165, 1.54) is 0 Å². The van der Waals surface area contributed by atoms with Crippen molar-refractivity contribution >= 4 is 22.9 Å². The van der Waals surface area contributed by atoms with Gasteiger partial charge in [-0.15, -0.1) is 0 Å². The number of thiophene rings is 1. The van der Waals surface area contributed by atoms with Crippen LogP contribution in [0.15, 0.2) is 59.4 Å². The lowest BCUT2D eigenvalue weighted by atomic mass is 9.85. The Morgan fingerprint density at radius 2 is 1.94 bits per heavy atom. The van der Waals surface area contributed by atoms with Crippen LogP contribution in [0.1, 0.15) is 54.1 Å². The Hall–Kier alpha value is -3.45. The predicted molar refractivity (Wildman–Crippen MR) is 126 cm³/mol. The Kier molecular flexibility index (Phi) is 4.86. The van der Waals surface area contributed by atoms with Crippen LogP contribution in [0.3, 0.4) is 0 Å². The summed E-state index contributed by atoms with van der Waals surface area (Å²) in [5.41, 5.74) is 5.67. The number of aromatic nitrogens is 3. The average molecular weight is 445 g/mol. The van der Waals surface area contributed by atoms with E-state index in [9.17, 15) is 4.79 Å². The quantitative estimate of drug-likeness (QED) is 0.445. The van der Waals surface area contributed by atoms with Crippen molar-refractivity contribution in [3.8, 4) is 17.0 Å². The number of nitrogens with one attached hydrogen (secondary N) is 1. The number of pyridine rings is 1. The third-order valence-electron chi connectivity index (χ3n) is 5.78. The van der Waals surface area contributed by atoms with Crippen LogP contribution >= 0.6 is 11.3 Å². The van der Waals surface area contributed by atoms with Crippen LogP contribution in [0.5, 0.6) is 5.75 Å². The first-order valence-corrected chi connectivity index (χ1v) is 11.4. The van der Waals surface area contributed by atoms with E-state index in [0.717, 1.165) is 39.5 Å². The van der Waals surface area contributed by atoms with Gasteiger partial charge in [-0.05, 0) is 29.6 Å². The lowest BCUT2D eigenvalue weighted by Crippen LogP contribution is -2.30. The second-order valence-corrected chi connectivity index (χ2v) is 9.62. The largest absolute Gasteiger partial charge is 0.496 e. The number of methoxy groups -OCH3 is 1. The van der Waals surface area contributed by atoms with Crippen molar-refractivity contribution in [1.29, 1.82) is 0 Å². The number of amides is 1. The molecule has 32 heavy (non-hydrogen) atoms. The van der Waals surface area contributed by atoms with Crippen molar-refractivity contribution < 1.29 is 9.53 Å². The van der Waals surface area contributed by atoms with E-state index in [4.69, 9.17) is 4.74 Å². The third-order valence-corrected chi connectivity index (χ3v) is 6.47. The molecular weight excluding hydrogens is 420 g/mol. The highest BCUT2D eigenvalue weighted by Gasteiger charge is 2.45. The number of anilines is 1. The van der Waals surface area contributed by atoms with Crippen LogP contribution in [0.2, 0.25) is 0 Å². The predicted octanol–water partition coefficient (Wildman–Crippen LogP) is 5.59. The van der Waals surface area contributed by atoms with E-state index < -0.39 is 0 Å². The third kappa shape index (κ3) is 3.20. The summed E-state index contributed by atoms with van der Waals surface area (Å²) >= 11 is 1.63. The molecule has 1 atom stereocenters. The first kappa shape index (κ1) is 20.5. The molecule has 4 aromatic rings. The second-order valence-electron chi connectivity index (χ2n) is 8.84. The number of H-pyrrole nitrogens is 1. The zero-order valence-corrected chi connectivity index (χ0v) is 19.2. The fourth-order valence-electron chi connectivity index (χ4n) is 4.27. The van der Waals surface area contributed by atoms with Gasteiger partial charge in [-0.2, -0.15) is 16.4 Å². The highest BCUT2D eigenvalue weighted by Crippen LogP contribution is 2.47. The summed E-state index contributed by atoms with van der Waals surface area (Å²) in [6.45, 7) is 6.35. The molecule has 0 saturated heterocycles. The zero-order chi connectivity index (χ0) is 22.5. The number of rotatable bonds is 4. The van der Waals surface area contributed by atoms with Crippen LogP contribution < -0.4 is 9.64 Å². The van der Waals surface area contributed by atoms with Gasteiger partial charge in [0, 0.05) is 33.2 Å². The number of ether oxygens (including phenoxy) is 1. The zero-order valence-electron chi connectivity index (χ0n) is 18.4. The molecule has 0 bridgehead atoms. The fourth-order valence-corrected chi connectivity index (χ4v) is 4.92. The molecule has 162 valence electrons. The molecule has 1 unspecified atom stereocenters. The van der Waals surface area contributed by atoms with Crippen molar-refractivity contribution in [3.05, 3.63) is 81.9 Å². The summed E-state index contributed by atoms with van der Waals surface area (Å²) < 4.78 is 5.68. The van der Waals surface area contributed by atoms with Crippen molar-refractivity contribution in [1.82, 2.24) is 15.2 Å². The number of carbonyl (C=O) groups excluding carboxylic acids is 1. The Morgan fingerprint density at radius 3 is 2.59 bits per heavy atom. The molecule has 1 amide bonds. The molecule has 3 aromatic heterocycles. The molecule has 1 aliphatic heterocycles. The number of aromatic amines is 1. The van der Waals surface area contributed by atoms with Gasteiger partial charge in [0.1, 0.15) is 5.75 Å². The summed E-state index contributed by atoms with van der Waals surface area (Å²) in [4.78, 5) is 20.0. The fraction of sp³-hybridized carbons (Fsp3) is 0.240. The van der Waals surface area contributed by atoms with Gasteiger partial charge in [-0.3, -0.25) is 19.8 Å². The van der Waals surface area contributed by atoms with E-state index in [1.807, 2.05) is 47.8 Å². The Morgan fingerprint density at radius 1 is 1.12 bits per heavy atom. The summed E-state index contributed by atoms with van der Waals surface area (Å²) in [5, 5.41) is 11.7. The molecule has 7 heteroatoms. The molecular formula is C25H24N4O2S. The highest BCUT2D eigenvalue weighted by atomic mass is 32.1. The van der Waals surface area contributed by atoms with Crippen LogP contribution in [0, 0.1) is 0 Å². The molecule has 0 radical (unpaired) electrons. The van der Waals surface area contributed by atoms with Gasteiger partial charge in [0.15, 0.2) is 5.69 Å². The van der Waals surface area contributed by atoms with E-state index >= 15 is 0 Å². The Bertz CT molecular complexity index is 1270. The SMILES string of the molecule is COc1ccccc1C1c2c(n[nH]c2C(C)(C)C)C(=O)N1c1ccc(-c2ccsc2)nc1. The molecule has 0 spiro atoms. The molecule has 0 aliphatic carbocycles. The molecule has 1 N–H and O–H groups in total. The number of carbonyl (C=O) groups is 1. The van der Waals surface area contributed by atoms with Crippen LogP contribution in [0.25, 0.3) is 11.3 Å². The minimum Gasteiger partial charge on any atom is -0.496 e. The van der Waals surface area contributed by atoms with Gasteiger partial charge in [-0.25, -0.2) is 0 Å². The van der Waals surface area contributed by atoms with E-state index in [1.54, 1.807) is 29.5 Å². The normalized spacial score (nSPS) is 15.8. The Balaban J connectivity index is 1.68. The maximum atomic E-state index is 13.6. The van der Waals surface area contributed by atoms with E-state index in [0.29, 0.717) is 5.69 Å². The van der Waals surface area contributed by atoms with Gasteiger partial charge in [0.2, 0.25) is 0 Å². The number of para-hydroxylation sites is 1. The first-order chi connectivity index (χ1) is 15.4. The highest BCUT2D eigenvalue weighted by molar-refractivity contribution is 7.08.